The predicted octanol–water partition coefficient (Wildman–Crippen LogP) is 0.592. The van der Waals surface area contributed by atoms with Crippen molar-refractivity contribution >= 4 is 5.91 Å². The van der Waals surface area contributed by atoms with Crippen molar-refractivity contribution in [2.45, 2.75) is 31.7 Å². The van der Waals surface area contributed by atoms with Crippen molar-refractivity contribution in [1.82, 2.24) is 4.90 Å². The molecule has 0 aromatic rings. The summed E-state index contributed by atoms with van der Waals surface area (Å²) in [6.45, 7) is 0. The van der Waals surface area contributed by atoms with Gasteiger partial charge in [0.25, 0.3) is 0 Å². The van der Waals surface area contributed by atoms with Crippen molar-refractivity contribution in [1.29, 1.82) is 0 Å². The summed E-state index contributed by atoms with van der Waals surface area (Å²) in [5, 5.41) is 0. The quantitative estimate of drug-likeness (QED) is 0.674. The Hall–Kier alpha value is -0.570. The Morgan fingerprint density at radius 3 is 2.50 bits per heavy atom. The normalized spacial score (nSPS) is 19.9. The van der Waals surface area contributed by atoms with Gasteiger partial charge in [0, 0.05) is 14.1 Å². The van der Waals surface area contributed by atoms with E-state index in [1.54, 1.807) is 19.0 Å². The van der Waals surface area contributed by atoms with Crippen molar-refractivity contribution in [2.24, 2.45) is 11.7 Å². The molecule has 0 aliphatic heterocycles. The molecule has 0 radical (unpaired) electrons. The lowest BCUT2D eigenvalue weighted by molar-refractivity contribution is -0.130. The van der Waals surface area contributed by atoms with E-state index < -0.39 is 0 Å². The SMILES string of the molecule is CN(C)C(=O)C(N)CC1CCC1. The van der Waals surface area contributed by atoms with Crippen molar-refractivity contribution in [3.05, 3.63) is 0 Å². The molecule has 0 saturated heterocycles. The molecule has 1 unspecified atom stereocenters. The summed E-state index contributed by atoms with van der Waals surface area (Å²) in [6, 6.07) is -0.273. The molecular weight excluding hydrogens is 152 g/mol. The van der Waals surface area contributed by atoms with Crippen LogP contribution in [0.25, 0.3) is 0 Å². The zero-order valence-electron chi connectivity index (χ0n) is 7.92. The van der Waals surface area contributed by atoms with Crippen LogP contribution in [0.5, 0.6) is 0 Å². The van der Waals surface area contributed by atoms with E-state index in [0.717, 1.165) is 6.42 Å². The molecule has 0 aromatic carbocycles. The number of carbonyl (C=O) groups excluding carboxylic acids is 1. The fourth-order valence-electron chi connectivity index (χ4n) is 1.52. The van der Waals surface area contributed by atoms with Gasteiger partial charge in [-0.1, -0.05) is 19.3 Å². The smallest absolute Gasteiger partial charge is 0.238 e. The van der Waals surface area contributed by atoms with Crippen LogP contribution in [0.4, 0.5) is 0 Å². The Balaban J connectivity index is 2.26. The number of likely N-dealkylation sites (N-methyl/N-ethyl adjacent to an activating group) is 1. The zero-order chi connectivity index (χ0) is 9.14. The third-order valence-electron chi connectivity index (χ3n) is 2.57. The summed E-state index contributed by atoms with van der Waals surface area (Å²) in [5.41, 5.74) is 5.74. The van der Waals surface area contributed by atoms with E-state index in [4.69, 9.17) is 5.73 Å². The van der Waals surface area contributed by atoms with Crippen LogP contribution in [-0.2, 0) is 4.79 Å². The summed E-state index contributed by atoms with van der Waals surface area (Å²) in [4.78, 5) is 12.9. The molecule has 0 spiro atoms. The van der Waals surface area contributed by atoms with Crippen molar-refractivity contribution in [2.75, 3.05) is 14.1 Å². The van der Waals surface area contributed by atoms with Gasteiger partial charge in [-0.05, 0) is 12.3 Å². The lowest BCUT2D eigenvalue weighted by Crippen LogP contribution is -2.41. The molecule has 1 aliphatic rings. The minimum atomic E-state index is -0.273. The lowest BCUT2D eigenvalue weighted by Gasteiger charge is -2.28. The van der Waals surface area contributed by atoms with E-state index in [2.05, 4.69) is 0 Å². The maximum atomic E-state index is 11.3. The number of hydrogen-bond donors (Lipinski definition) is 1. The fraction of sp³-hybridized carbons (Fsp3) is 0.889. The van der Waals surface area contributed by atoms with E-state index in [1.165, 1.54) is 19.3 Å². The summed E-state index contributed by atoms with van der Waals surface area (Å²) in [5.74, 6) is 0.769. The first-order valence-electron chi connectivity index (χ1n) is 4.58. The van der Waals surface area contributed by atoms with Crippen LogP contribution >= 0.6 is 0 Å². The van der Waals surface area contributed by atoms with E-state index in [-0.39, 0.29) is 11.9 Å². The minimum absolute atomic E-state index is 0.0573. The third kappa shape index (κ3) is 2.21. The van der Waals surface area contributed by atoms with Crippen LogP contribution in [0.1, 0.15) is 25.7 Å². The van der Waals surface area contributed by atoms with Gasteiger partial charge in [0.2, 0.25) is 5.91 Å². The molecule has 3 heteroatoms. The second-order valence-electron chi connectivity index (χ2n) is 3.87. The molecule has 1 atom stereocenters. The molecule has 1 saturated carbocycles. The average Bonchev–Trinajstić information content (AvgIpc) is 1.94. The van der Waals surface area contributed by atoms with E-state index in [0.29, 0.717) is 5.92 Å². The third-order valence-corrected chi connectivity index (χ3v) is 2.57. The molecule has 1 amide bonds. The maximum absolute atomic E-state index is 11.3. The van der Waals surface area contributed by atoms with Gasteiger partial charge in [0.05, 0.1) is 6.04 Å². The van der Waals surface area contributed by atoms with Gasteiger partial charge >= 0.3 is 0 Å². The van der Waals surface area contributed by atoms with Gasteiger partial charge in [-0.2, -0.15) is 0 Å². The molecule has 12 heavy (non-hydrogen) atoms. The maximum Gasteiger partial charge on any atom is 0.238 e. The fourth-order valence-corrected chi connectivity index (χ4v) is 1.52. The molecule has 1 rings (SSSR count). The van der Waals surface area contributed by atoms with Crippen LogP contribution < -0.4 is 5.73 Å². The number of rotatable bonds is 3. The number of carbonyl (C=O) groups is 1. The topological polar surface area (TPSA) is 46.3 Å². The molecule has 1 fully saturated rings. The minimum Gasteiger partial charge on any atom is -0.347 e. The summed E-state index contributed by atoms with van der Waals surface area (Å²) < 4.78 is 0. The molecule has 0 aromatic heterocycles. The van der Waals surface area contributed by atoms with Crippen molar-refractivity contribution in [3.63, 3.8) is 0 Å². The number of hydrogen-bond acceptors (Lipinski definition) is 2. The highest BCUT2D eigenvalue weighted by Gasteiger charge is 2.24. The Morgan fingerprint density at radius 1 is 1.58 bits per heavy atom. The van der Waals surface area contributed by atoms with E-state index >= 15 is 0 Å². The Labute approximate surface area is 73.9 Å². The summed E-state index contributed by atoms with van der Waals surface area (Å²) in [6.07, 6.45) is 4.70. The van der Waals surface area contributed by atoms with Crippen LogP contribution in [-0.4, -0.2) is 30.9 Å². The second-order valence-corrected chi connectivity index (χ2v) is 3.87. The van der Waals surface area contributed by atoms with E-state index in [1.807, 2.05) is 0 Å². The monoisotopic (exact) mass is 170 g/mol. The van der Waals surface area contributed by atoms with Gasteiger partial charge in [-0.15, -0.1) is 0 Å². The first-order valence-corrected chi connectivity index (χ1v) is 4.58. The number of amides is 1. The van der Waals surface area contributed by atoms with Gasteiger partial charge in [-0.25, -0.2) is 0 Å². The first kappa shape index (κ1) is 9.52. The first-order chi connectivity index (χ1) is 5.61. The predicted molar refractivity (Wildman–Crippen MR) is 48.6 cm³/mol. The van der Waals surface area contributed by atoms with Crippen molar-refractivity contribution < 1.29 is 4.79 Å². The highest BCUT2D eigenvalue weighted by atomic mass is 16.2. The molecule has 3 nitrogen and oxygen atoms in total. The highest BCUT2D eigenvalue weighted by Crippen LogP contribution is 2.30. The summed E-state index contributed by atoms with van der Waals surface area (Å²) >= 11 is 0. The zero-order valence-corrected chi connectivity index (χ0v) is 7.92. The van der Waals surface area contributed by atoms with Gasteiger partial charge < -0.3 is 10.6 Å². The summed E-state index contributed by atoms with van der Waals surface area (Å²) in [7, 11) is 3.51. The van der Waals surface area contributed by atoms with Gasteiger partial charge in [0.15, 0.2) is 0 Å². The van der Waals surface area contributed by atoms with Crippen LogP contribution in [0.3, 0.4) is 0 Å². The van der Waals surface area contributed by atoms with Gasteiger partial charge in [0.1, 0.15) is 0 Å². The van der Waals surface area contributed by atoms with Crippen LogP contribution in [0.2, 0.25) is 0 Å². The molecule has 70 valence electrons. The number of nitrogens with zero attached hydrogens (tertiary/aromatic N) is 1. The molecule has 0 bridgehead atoms. The standard InChI is InChI=1S/C9H18N2O/c1-11(2)9(12)8(10)6-7-4-3-5-7/h7-8H,3-6,10H2,1-2H3. The molecule has 0 heterocycles. The highest BCUT2D eigenvalue weighted by molar-refractivity contribution is 5.81. The lowest BCUT2D eigenvalue weighted by atomic mass is 9.81. The van der Waals surface area contributed by atoms with E-state index in [9.17, 15) is 4.79 Å². The molecule has 2 N–H and O–H groups in total. The largest absolute Gasteiger partial charge is 0.347 e. The van der Waals surface area contributed by atoms with Crippen LogP contribution in [0, 0.1) is 5.92 Å². The second kappa shape index (κ2) is 3.90. The Bertz CT molecular complexity index is 164. The molecule has 1 aliphatic carbocycles. The van der Waals surface area contributed by atoms with Crippen molar-refractivity contribution in [3.8, 4) is 0 Å². The average molecular weight is 170 g/mol. The Morgan fingerprint density at radius 2 is 2.17 bits per heavy atom. The number of nitrogens with two attached hydrogens (primary N) is 1. The molecular formula is C9H18N2O. The Kier molecular flexibility index (Phi) is 3.09. The van der Waals surface area contributed by atoms with Crippen LogP contribution in [0.15, 0.2) is 0 Å². The van der Waals surface area contributed by atoms with Gasteiger partial charge in [-0.3, -0.25) is 4.79 Å².